The van der Waals surface area contributed by atoms with Crippen LogP contribution >= 0.6 is 0 Å². The summed E-state index contributed by atoms with van der Waals surface area (Å²) in [7, 11) is 0. The molecular weight excluding hydrogens is 300 g/mol. The molecule has 0 spiro atoms. The van der Waals surface area contributed by atoms with Gasteiger partial charge in [0.05, 0.1) is 13.2 Å². The first-order chi connectivity index (χ1) is 11.7. The zero-order chi connectivity index (χ0) is 16.9. The summed E-state index contributed by atoms with van der Waals surface area (Å²) in [5.41, 5.74) is 5.49. The van der Waals surface area contributed by atoms with Crippen molar-refractivity contribution in [2.45, 2.75) is 27.1 Å². The average Bonchev–Trinajstić information content (AvgIpc) is 3.07. The number of aryl methyl sites for hydroxylation is 1. The second-order valence-corrected chi connectivity index (χ2v) is 6.10. The fraction of sp³-hybridized carbons (Fsp3) is 0.350. The van der Waals surface area contributed by atoms with Crippen LogP contribution in [0.15, 0.2) is 42.5 Å². The molecule has 2 aromatic rings. The molecule has 1 aliphatic heterocycles. The highest BCUT2D eigenvalue weighted by Crippen LogP contribution is 2.21. The van der Waals surface area contributed by atoms with Crippen molar-refractivity contribution in [2.75, 3.05) is 24.5 Å². The Morgan fingerprint density at radius 3 is 2.75 bits per heavy atom. The van der Waals surface area contributed by atoms with Crippen LogP contribution in [-0.4, -0.2) is 25.5 Å². The number of fused-ring (bicyclic) bond motifs is 1. The van der Waals surface area contributed by atoms with E-state index in [1.54, 1.807) is 0 Å². The molecule has 2 aromatic carbocycles. The van der Waals surface area contributed by atoms with Gasteiger partial charge in [0.2, 0.25) is 0 Å². The van der Waals surface area contributed by atoms with E-state index >= 15 is 0 Å². The van der Waals surface area contributed by atoms with Gasteiger partial charge in [-0.3, -0.25) is 4.79 Å². The van der Waals surface area contributed by atoms with E-state index in [0.717, 1.165) is 18.7 Å². The molecule has 0 atom stereocenters. The van der Waals surface area contributed by atoms with E-state index in [2.05, 4.69) is 42.3 Å². The Labute approximate surface area is 143 Å². The minimum atomic E-state index is -0.0227. The maximum absolute atomic E-state index is 12.3. The summed E-state index contributed by atoms with van der Waals surface area (Å²) in [6.45, 7) is 7.83. The summed E-state index contributed by atoms with van der Waals surface area (Å²) in [5.74, 6) is -0.0227. The molecule has 0 aromatic heterocycles. The largest absolute Gasteiger partial charge is 0.372 e. The maximum atomic E-state index is 12.3. The Kier molecular flexibility index (Phi) is 5.16. The first-order valence-corrected chi connectivity index (χ1v) is 8.47. The van der Waals surface area contributed by atoms with Gasteiger partial charge in [0, 0.05) is 30.9 Å². The van der Waals surface area contributed by atoms with Crippen LogP contribution in [0, 0.1) is 6.92 Å². The van der Waals surface area contributed by atoms with Crippen molar-refractivity contribution in [3.63, 3.8) is 0 Å². The molecule has 1 aliphatic rings. The van der Waals surface area contributed by atoms with E-state index in [1.807, 2.05) is 24.3 Å². The topological polar surface area (TPSA) is 41.6 Å². The van der Waals surface area contributed by atoms with E-state index in [4.69, 9.17) is 4.74 Å². The maximum Gasteiger partial charge on any atom is 0.251 e. The van der Waals surface area contributed by atoms with E-state index in [-0.39, 0.29) is 5.91 Å². The van der Waals surface area contributed by atoms with Gasteiger partial charge in [-0.1, -0.05) is 24.3 Å². The SMILES string of the molecule is CCN(CCNC(=O)c1ccc2c(c1)COC2)c1ccccc1C. The van der Waals surface area contributed by atoms with E-state index in [9.17, 15) is 4.79 Å². The van der Waals surface area contributed by atoms with Crippen molar-refractivity contribution in [1.82, 2.24) is 5.32 Å². The number of nitrogens with zero attached hydrogens (tertiary/aromatic N) is 1. The van der Waals surface area contributed by atoms with Crippen molar-refractivity contribution in [2.24, 2.45) is 0 Å². The molecule has 0 fully saturated rings. The Morgan fingerprint density at radius 1 is 1.17 bits per heavy atom. The summed E-state index contributed by atoms with van der Waals surface area (Å²) in [6.07, 6.45) is 0. The zero-order valence-corrected chi connectivity index (χ0v) is 14.3. The Bertz CT molecular complexity index is 727. The van der Waals surface area contributed by atoms with E-state index in [0.29, 0.717) is 25.3 Å². The second kappa shape index (κ2) is 7.49. The number of nitrogens with one attached hydrogen (secondary N) is 1. The predicted molar refractivity (Wildman–Crippen MR) is 96.3 cm³/mol. The van der Waals surface area contributed by atoms with Crippen LogP contribution in [0.2, 0.25) is 0 Å². The number of hydrogen-bond acceptors (Lipinski definition) is 3. The van der Waals surface area contributed by atoms with Gasteiger partial charge in [-0.15, -0.1) is 0 Å². The van der Waals surface area contributed by atoms with Crippen LogP contribution in [-0.2, 0) is 18.0 Å². The molecule has 1 heterocycles. The molecule has 4 nitrogen and oxygen atoms in total. The van der Waals surface area contributed by atoms with Crippen molar-refractivity contribution in [3.8, 4) is 0 Å². The third-order valence-electron chi connectivity index (χ3n) is 4.49. The fourth-order valence-corrected chi connectivity index (χ4v) is 3.09. The molecule has 24 heavy (non-hydrogen) atoms. The number of para-hydroxylation sites is 1. The average molecular weight is 324 g/mol. The van der Waals surface area contributed by atoms with Crippen LogP contribution in [0.1, 0.15) is 34.0 Å². The van der Waals surface area contributed by atoms with Crippen molar-refractivity contribution >= 4 is 11.6 Å². The standard InChI is InChI=1S/C20H24N2O2/c1-3-22(19-7-5-4-6-15(19)2)11-10-21-20(23)16-8-9-17-13-24-14-18(17)12-16/h4-9,12H,3,10-11,13-14H2,1-2H3,(H,21,23). The van der Waals surface area contributed by atoms with Crippen molar-refractivity contribution < 1.29 is 9.53 Å². The second-order valence-electron chi connectivity index (χ2n) is 6.10. The third-order valence-corrected chi connectivity index (χ3v) is 4.49. The summed E-state index contributed by atoms with van der Waals surface area (Å²) < 4.78 is 5.40. The quantitative estimate of drug-likeness (QED) is 0.886. The van der Waals surface area contributed by atoms with Crippen LogP contribution in [0.25, 0.3) is 0 Å². The zero-order valence-electron chi connectivity index (χ0n) is 14.3. The minimum absolute atomic E-state index is 0.0227. The highest BCUT2D eigenvalue weighted by atomic mass is 16.5. The highest BCUT2D eigenvalue weighted by molar-refractivity contribution is 5.94. The fourth-order valence-electron chi connectivity index (χ4n) is 3.09. The summed E-state index contributed by atoms with van der Waals surface area (Å²) >= 11 is 0. The molecule has 3 rings (SSSR count). The van der Waals surface area contributed by atoms with Crippen LogP contribution in [0.4, 0.5) is 5.69 Å². The van der Waals surface area contributed by atoms with Crippen LogP contribution in [0.5, 0.6) is 0 Å². The van der Waals surface area contributed by atoms with Gasteiger partial charge >= 0.3 is 0 Å². The lowest BCUT2D eigenvalue weighted by atomic mass is 10.1. The van der Waals surface area contributed by atoms with Gasteiger partial charge in [-0.05, 0) is 48.7 Å². The number of likely N-dealkylation sites (N-methyl/N-ethyl adjacent to an activating group) is 1. The molecule has 0 saturated carbocycles. The van der Waals surface area contributed by atoms with Crippen molar-refractivity contribution in [1.29, 1.82) is 0 Å². The van der Waals surface area contributed by atoms with E-state index < -0.39 is 0 Å². The van der Waals surface area contributed by atoms with Gasteiger partial charge in [0.1, 0.15) is 0 Å². The molecule has 0 unspecified atom stereocenters. The number of rotatable bonds is 6. The summed E-state index contributed by atoms with van der Waals surface area (Å²) in [6, 6.07) is 14.1. The normalized spacial score (nSPS) is 12.8. The molecule has 0 radical (unpaired) electrons. The van der Waals surface area contributed by atoms with Gasteiger partial charge in [0.25, 0.3) is 5.91 Å². The van der Waals surface area contributed by atoms with Gasteiger partial charge in [0.15, 0.2) is 0 Å². The number of anilines is 1. The number of amides is 1. The number of ether oxygens (including phenoxy) is 1. The predicted octanol–water partition coefficient (Wildman–Crippen LogP) is 3.28. The first kappa shape index (κ1) is 16.5. The smallest absolute Gasteiger partial charge is 0.251 e. The van der Waals surface area contributed by atoms with Crippen LogP contribution in [0.3, 0.4) is 0 Å². The Balaban J connectivity index is 1.57. The monoisotopic (exact) mass is 324 g/mol. The molecule has 1 N–H and O–H groups in total. The number of carbonyl (C=O) groups excluding carboxylic acids is 1. The highest BCUT2D eigenvalue weighted by Gasteiger charge is 2.14. The molecule has 4 heteroatoms. The first-order valence-electron chi connectivity index (χ1n) is 8.47. The number of hydrogen-bond donors (Lipinski definition) is 1. The lowest BCUT2D eigenvalue weighted by molar-refractivity contribution is 0.0954. The molecular formula is C20H24N2O2. The molecule has 0 bridgehead atoms. The van der Waals surface area contributed by atoms with Gasteiger partial charge < -0.3 is 15.0 Å². The van der Waals surface area contributed by atoms with E-state index in [1.165, 1.54) is 16.8 Å². The Hall–Kier alpha value is -2.33. The Morgan fingerprint density at radius 2 is 1.96 bits per heavy atom. The summed E-state index contributed by atoms with van der Waals surface area (Å²) in [4.78, 5) is 14.6. The molecule has 126 valence electrons. The van der Waals surface area contributed by atoms with Gasteiger partial charge in [-0.2, -0.15) is 0 Å². The van der Waals surface area contributed by atoms with Gasteiger partial charge in [-0.25, -0.2) is 0 Å². The van der Waals surface area contributed by atoms with Crippen LogP contribution < -0.4 is 10.2 Å². The number of carbonyl (C=O) groups is 1. The number of benzene rings is 2. The van der Waals surface area contributed by atoms with Crippen molar-refractivity contribution in [3.05, 3.63) is 64.7 Å². The molecule has 0 saturated heterocycles. The summed E-state index contributed by atoms with van der Waals surface area (Å²) in [5, 5.41) is 3.02. The molecule has 1 amide bonds. The lowest BCUT2D eigenvalue weighted by Gasteiger charge is -2.25. The lowest BCUT2D eigenvalue weighted by Crippen LogP contribution is -2.35. The third kappa shape index (κ3) is 3.60. The molecule has 0 aliphatic carbocycles. The minimum Gasteiger partial charge on any atom is -0.372 e.